The van der Waals surface area contributed by atoms with Crippen LogP contribution in [0.2, 0.25) is 0 Å². The van der Waals surface area contributed by atoms with E-state index in [1.807, 2.05) is 4.90 Å². The van der Waals surface area contributed by atoms with E-state index in [1.54, 1.807) is 0 Å². The van der Waals surface area contributed by atoms with Crippen molar-refractivity contribution in [2.24, 2.45) is 0 Å². The van der Waals surface area contributed by atoms with E-state index in [0.29, 0.717) is 13.0 Å². The minimum Gasteiger partial charge on any atom is -0.396 e. The van der Waals surface area contributed by atoms with Gasteiger partial charge in [0, 0.05) is 26.2 Å². The lowest BCUT2D eigenvalue weighted by molar-refractivity contribution is -0.136. The van der Waals surface area contributed by atoms with E-state index < -0.39 is 0 Å². The maximum atomic E-state index is 12.1. The standard InChI is InChI=1S/C14H20N2O2/c1-11-2-4-12(5-3-11)10-16-8-7-15-13(6-9-17)14(16)18/h2-5,13,15,17H,6-10H2,1H3. The summed E-state index contributed by atoms with van der Waals surface area (Å²) in [5.74, 6) is 0.0934. The van der Waals surface area contributed by atoms with E-state index in [0.717, 1.165) is 18.7 Å². The van der Waals surface area contributed by atoms with Crippen molar-refractivity contribution in [1.29, 1.82) is 0 Å². The molecule has 1 saturated heterocycles. The molecule has 0 aromatic heterocycles. The number of benzene rings is 1. The highest BCUT2D eigenvalue weighted by Gasteiger charge is 2.27. The van der Waals surface area contributed by atoms with Gasteiger partial charge in [-0.15, -0.1) is 0 Å². The Kier molecular flexibility index (Phi) is 4.33. The average Bonchev–Trinajstić information content (AvgIpc) is 2.37. The van der Waals surface area contributed by atoms with Gasteiger partial charge in [-0.2, -0.15) is 0 Å². The average molecular weight is 248 g/mol. The summed E-state index contributed by atoms with van der Waals surface area (Å²) >= 11 is 0. The first-order chi connectivity index (χ1) is 8.70. The van der Waals surface area contributed by atoms with Crippen molar-refractivity contribution in [1.82, 2.24) is 10.2 Å². The van der Waals surface area contributed by atoms with Crippen LogP contribution >= 0.6 is 0 Å². The van der Waals surface area contributed by atoms with Crippen LogP contribution in [0.4, 0.5) is 0 Å². The van der Waals surface area contributed by atoms with Gasteiger partial charge in [0.15, 0.2) is 0 Å². The summed E-state index contributed by atoms with van der Waals surface area (Å²) in [6, 6.07) is 8.02. The number of aliphatic hydroxyl groups is 1. The molecule has 1 aliphatic rings. The zero-order chi connectivity index (χ0) is 13.0. The summed E-state index contributed by atoms with van der Waals surface area (Å²) in [6.45, 7) is 4.28. The SMILES string of the molecule is Cc1ccc(CN2CCNC(CCO)C2=O)cc1. The topological polar surface area (TPSA) is 52.6 Å². The van der Waals surface area contributed by atoms with Gasteiger partial charge in [0.1, 0.15) is 0 Å². The summed E-state index contributed by atoms with van der Waals surface area (Å²) in [5.41, 5.74) is 2.38. The van der Waals surface area contributed by atoms with Gasteiger partial charge in [-0.25, -0.2) is 0 Å². The summed E-state index contributed by atoms with van der Waals surface area (Å²) in [5, 5.41) is 12.1. The van der Waals surface area contributed by atoms with E-state index in [2.05, 4.69) is 36.5 Å². The number of nitrogens with zero attached hydrogens (tertiary/aromatic N) is 1. The molecule has 1 heterocycles. The molecule has 1 aliphatic heterocycles. The van der Waals surface area contributed by atoms with Crippen LogP contribution in [-0.4, -0.2) is 41.7 Å². The summed E-state index contributed by atoms with van der Waals surface area (Å²) in [4.78, 5) is 14.0. The molecule has 0 saturated carbocycles. The van der Waals surface area contributed by atoms with Crippen molar-refractivity contribution in [2.75, 3.05) is 19.7 Å². The number of carbonyl (C=O) groups is 1. The largest absolute Gasteiger partial charge is 0.396 e. The van der Waals surface area contributed by atoms with E-state index in [9.17, 15) is 4.79 Å². The summed E-state index contributed by atoms with van der Waals surface area (Å²) < 4.78 is 0. The number of rotatable bonds is 4. The Hall–Kier alpha value is -1.39. The lowest BCUT2D eigenvalue weighted by Gasteiger charge is -2.33. The minimum atomic E-state index is -0.228. The summed E-state index contributed by atoms with van der Waals surface area (Å²) in [6.07, 6.45) is 0.489. The molecule has 18 heavy (non-hydrogen) atoms. The van der Waals surface area contributed by atoms with Crippen LogP contribution in [0.15, 0.2) is 24.3 Å². The fourth-order valence-corrected chi connectivity index (χ4v) is 2.22. The van der Waals surface area contributed by atoms with Crippen LogP contribution < -0.4 is 5.32 Å². The quantitative estimate of drug-likeness (QED) is 0.824. The van der Waals surface area contributed by atoms with E-state index in [1.165, 1.54) is 5.56 Å². The minimum absolute atomic E-state index is 0.0434. The number of carbonyl (C=O) groups excluding carboxylic acids is 1. The molecule has 1 atom stereocenters. The van der Waals surface area contributed by atoms with Crippen molar-refractivity contribution in [3.63, 3.8) is 0 Å². The lowest BCUT2D eigenvalue weighted by Crippen LogP contribution is -2.54. The van der Waals surface area contributed by atoms with Gasteiger partial charge < -0.3 is 15.3 Å². The van der Waals surface area contributed by atoms with Crippen molar-refractivity contribution in [3.8, 4) is 0 Å². The molecule has 4 heteroatoms. The molecule has 4 nitrogen and oxygen atoms in total. The number of piperazine rings is 1. The van der Waals surface area contributed by atoms with Crippen LogP contribution in [0.3, 0.4) is 0 Å². The highest BCUT2D eigenvalue weighted by molar-refractivity contribution is 5.82. The third-order valence-electron chi connectivity index (χ3n) is 3.29. The number of hydrogen-bond acceptors (Lipinski definition) is 3. The lowest BCUT2D eigenvalue weighted by atomic mass is 10.1. The highest BCUT2D eigenvalue weighted by Crippen LogP contribution is 2.11. The molecule has 0 spiro atoms. The van der Waals surface area contributed by atoms with E-state index in [-0.39, 0.29) is 18.6 Å². The predicted octanol–water partition coefficient (Wildman–Crippen LogP) is 0.678. The van der Waals surface area contributed by atoms with Crippen LogP contribution in [0.5, 0.6) is 0 Å². The van der Waals surface area contributed by atoms with E-state index in [4.69, 9.17) is 5.11 Å². The first-order valence-corrected chi connectivity index (χ1v) is 6.39. The van der Waals surface area contributed by atoms with Crippen LogP contribution in [0, 0.1) is 6.92 Å². The number of nitrogens with one attached hydrogen (secondary N) is 1. The third-order valence-corrected chi connectivity index (χ3v) is 3.29. The Bertz CT molecular complexity index is 401. The second kappa shape index (κ2) is 5.98. The van der Waals surface area contributed by atoms with E-state index >= 15 is 0 Å². The zero-order valence-electron chi connectivity index (χ0n) is 10.7. The Morgan fingerprint density at radius 1 is 1.39 bits per heavy atom. The third kappa shape index (κ3) is 3.09. The maximum absolute atomic E-state index is 12.1. The number of aryl methyl sites for hydroxylation is 1. The highest BCUT2D eigenvalue weighted by atomic mass is 16.3. The van der Waals surface area contributed by atoms with Gasteiger partial charge in [0.2, 0.25) is 5.91 Å². The molecule has 2 rings (SSSR count). The molecule has 98 valence electrons. The molecule has 0 aliphatic carbocycles. The van der Waals surface area contributed by atoms with Gasteiger partial charge >= 0.3 is 0 Å². The van der Waals surface area contributed by atoms with Crippen molar-refractivity contribution < 1.29 is 9.90 Å². The van der Waals surface area contributed by atoms with Gasteiger partial charge in [-0.3, -0.25) is 4.79 Å². The number of hydrogen-bond donors (Lipinski definition) is 2. The maximum Gasteiger partial charge on any atom is 0.240 e. The van der Waals surface area contributed by atoms with Crippen molar-refractivity contribution in [3.05, 3.63) is 35.4 Å². The molecule has 0 radical (unpaired) electrons. The molecule has 1 aromatic rings. The fraction of sp³-hybridized carbons (Fsp3) is 0.500. The monoisotopic (exact) mass is 248 g/mol. The Morgan fingerprint density at radius 2 is 2.11 bits per heavy atom. The van der Waals surface area contributed by atoms with Crippen molar-refractivity contribution >= 4 is 5.91 Å². The fourth-order valence-electron chi connectivity index (χ4n) is 2.22. The first-order valence-electron chi connectivity index (χ1n) is 6.39. The van der Waals surface area contributed by atoms with Crippen LogP contribution in [0.25, 0.3) is 0 Å². The molecular formula is C14H20N2O2. The second-order valence-corrected chi connectivity index (χ2v) is 4.76. The molecule has 0 bridgehead atoms. The van der Waals surface area contributed by atoms with Crippen LogP contribution in [-0.2, 0) is 11.3 Å². The molecule has 1 unspecified atom stereocenters. The van der Waals surface area contributed by atoms with Crippen LogP contribution in [0.1, 0.15) is 17.5 Å². The predicted molar refractivity (Wildman–Crippen MR) is 70.1 cm³/mol. The van der Waals surface area contributed by atoms with Gasteiger partial charge in [-0.05, 0) is 18.9 Å². The second-order valence-electron chi connectivity index (χ2n) is 4.76. The Labute approximate surface area is 108 Å². The number of aliphatic hydroxyl groups excluding tert-OH is 1. The summed E-state index contributed by atoms with van der Waals surface area (Å²) in [7, 11) is 0. The Balaban J connectivity index is 2.00. The zero-order valence-corrected chi connectivity index (χ0v) is 10.7. The van der Waals surface area contributed by atoms with Gasteiger partial charge in [0.05, 0.1) is 6.04 Å². The molecular weight excluding hydrogens is 228 g/mol. The smallest absolute Gasteiger partial charge is 0.240 e. The van der Waals surface area contributed by atoms with Gasteiger partial charge in [0.25, 0.3) is 0 Å². The molecule has 2 N–H and O–H groups in total. The molecule has 1 amide bonds. The number of amides is 1. The first kappa shape index (κ1) is 13.1. The Morgan fingerprint density at radius 3 is 2.78 bits per heavy atom. The molecule has 1 aromatic carbocycles. The normalized spacial score (nSPS) is 20.2. The van der Waals surface area contributed by atoms with Gasteiger partial charge in [-0.1, -0.05) is 29.8 Å². The van der Waals surface area contributed by atoms with Crippen molar-refractivity contribution in [2.45, 2.75) is 25.9 Å². The molecule has 1 fully saturated rings.